The average molecular weight is 224 g/mol. The molecule has 4 heteroatoms. The normalized spacial score (nSPS) is 11.6. The second kappa shape index (κ2) is 7.84. The van der Waals surface area contributed by atoms with Crippen LogP contribution >= 0.6 is 0 Å². The van der Waals surface area contributed by atoms with Crippen molar-refractivity contribution in [3.05, 3.63) is 35.9 Å². The molecule has 1 atom stereocenters. The van der Waals surface area contributed by atoms with E-state index in [1.54, 1.807) is 13.8 Å². The maximum atomic E-state index is 10.0. The van der Waals surface area contributed by atoms with Crippen LogP contribution in [0.2, 0.25) is 0 Å². The van der Waals surface area contributed by atoms with Crippen LogP contribution in [0.5, 0.6) is 0 Å². The second-order valence-electron chi connectivity index (χ2n) is 3.80. The standard InChI is InChI=1S/C7H9N.C5H11NO2/c8-6-7-4-2-1-3-5-7;1-3(2)4(6)5(7)8/h1-5H,6,8H2;3-4H,6H2,1-2H3,(H,7,8)/t;4-/m.0/s1. The van der Waals surface area contributed by atoms with E-state index in [-0.39, 0.29) is 5.92 Å². The van der Waals surface area contributed by atoms with Crippen molar-refractivity contribution in [2.75, 3.05) is 0 Å². The first-order chi connectivity index (χ1) is 7.49. The Bertz CT molecular complexity index is 299. The molecule has 0 aliphatic rings. The summed E-state index contributed by atoms with van der Waals surface area (Å²) in [6.45, 7) is 4.19. The Labute approximate surface area is 96.3 Å². The van der Waals surface area contributed by atoms with Crippen LogP contribution in [-0.2, 0) is 11.3 Å². The predicted molar refractivity (Wildman–Crippen MR) is 64.8 cm³/mol. The van der Waals surface area contributed by atoms with Gasteiger partial charge in [0.05, 0.1) is 0 Å². The lowest BCUT2D eigenvalue weighted by Crippen LogP contribution is -2.34. The second-order valence-corrected chi connectivity index (χ2v) is 3.80. The molecule has 0 bridgehead atoms. The molecule has 0 saturated carbocycles. The van der Waals surface area contributed by atoms with E-state index in [9.17, 15) is 4.79 Å². The van der Waals surface area contributed by atoms with Gasteiger partial charge in [-0.25, -0.2) is 0 Å². The number of aliphatic carboxylic acids is 1. The molecule has 1 rings (SSSR count). The molecule has 0 unspecified atom stereocenters. The zero-order valence-electron chi connectivity index (χ0n) is 9.76. The van der Waals surface area contributed by atoms with E-state index in [1.807, 2.05) is 30.3 Å². The molecule has 0 amide bonds. The van der Waals surface area contributed by atoms with Gasteiger partial charge in [0.1, 0.15) is 6.04 Å². The van der Waals surface area contributed by atoms with Crippen LogP contribution in [-0.4, -0.2) is 17.1 Å². The van der Waals surface area contributed by atoms with Gasteiger partial charge in [0, 0.05) is 6.54 Å². The number of nitrogens with two attached hydrogens (primary N) is 2. The first-order valence-corrected chi connectivity index (χ1v) is 5.21. The van der Waals surface area contributed by atoms with E-state index >= 15 is 0 Å². The quantitative estimate of drug-likeness (QED) is 0.719. The zero-order valence-corrected chi connectivity index (χ0v) is 9.76. The molecule has 0 spiro atoms. The Morgan fingerprint density at radius 1 is 1.31 bits per heavy atom. The van der Waals surface area contributed by atoms with Crippen LogP contribution in [0.4, 0.5) is 0 Å². The van der Waals surface area contributed by atoms with Crippen LogP contribution in [0.3, 0.4) is 0 Å². The van der Waals surface area contributed by atoms with Gasteiger partial charge in [-0.3, -0.25) is 4.79 Å². The third-order valence-corrected chi connectivity index (χ3v) is 2.08. The number of carbonyl (C=O) groups is 1. The first kappa shape index (κ1) is 14.6. The Morgan fingerprint density at radius 3 is 2.00 bits per heavy atom. The Hall–Kier alpha value is -1.39. The van der Waals surface area contributed by atoms with Crippen LogP contribution in [0, 0.1) is 5.92 Å². The molecule has 0 fully saturated rings. The maximum absolute atomic E-state index is 10.0. The number of benzene rings is 1. The summed E-state index contributed by atoms with van der Waals surface area (Å²) in [7, 11) is 0. The van der Waals surface area contributed by atoms with E-state index in [2.05, 4.69) is 0 Å². The topological polar surface area (TPSA) is 89.3 Å². The van der Waals surface area contributed by atoms with E-state index in [0.29, 0.717) is 6.54 Å². The fourth-order valence-electron chi connectivity index (χ4n) is 0.899. The highest BCUT2D eigenvalue weighted by Gasteiger charge is 2.14. The first-order valence-electron chi connectivity index (χ1n) is 5.21. The highest BCUT2D eigenvalue weighted by Crippen LogP contribution is 1.96. The van der Waals surface area contributed by atoms with Gasteiger partial charge >= 0.3 is 5.97 Å². The van der Waals surface area contributed by atoms with Crippen molar-refractivity contribution in [1.82, 2.24) is 0 Å². The van der Waals surface area contributed by atoms with Crippen molar-refractivity contribution in [2.45, 2.75) is 26.4 Å². The Balaban J connectivity index is 0.000000281. The largest absolute Gasteiger partial charge is 0.480 e. The smallest absolute Gasteiger partial charge is 0.320 e. The summed E-state index contributed by atoms with van der Waals surface area (Å²) in [5, 5.41) is 8.23. The highest BCUT2D eigenvalue weighted by atomic mass is 16.4. The number of carboxylic acid groups (broad SMARTS) is 1. The lowest BCUT2D eigenvalue weighted by atomic mass is 10.1. The molecule has 0 aliphatic carbocycles. The fraction of sp³-hybridized carbons (Fsp3) is 0.417. The maximum Gasteiger partial charge on any atom is 0.320 e. The molecule has 1 aromatic rings. The van der Waals surface area contributed by atoms with Crippen LogP contribution in [0.25, 0.3) is 0 Å². The van der Waals surface area contributed by atoms with E-state index < -0.39 is 12.0 Å². The Morgan fingerprint density at radius 2 is 1.81 bits per heavy atom. The minimum atomic E-state index is -0.931. The van der Waals surface area contributed by atoms with E-state index in [1.165, 1.54) is 5.56 Å². The van der Waals surface area contributed by atoms with Crippen LogP contribution in [0.15, 0.2) is 30.3 Å². The minimum absolute atomic E-state index is 0.0208. The minimum Gasteiger partial charge on any atom is -0.480 e. The molecule has 0 radical (unpaired) electrons. The third-order valence-electron chi connectivity index (χ3n) is 2.08. The van der Waals surface area contributed by atoms with E-state index in [0.717, 1.165) is 0 Å². The summed E-state index contributed by atoms with van der Waals surface area (Å²) >= 11 is 0. The summed E-state index contributed by atoms with van der Waals surface area (Å²) in [6.07, 6.45) is 0. The van der Waals surface area contributed by atoms with Crippen LogP contribution in [0.1, 0.15) is 19.4 Å². The summed E-state index contributed by atoms with van der Waals surface area (Å²) < 4.78 is 0. The lowest BCUT2D eigenvalue weighted by Gasteiger charge is -2.07. The highest BCUT2D eigenvalue weighted by molar-refractivity contribution is 5.73. The molecule has 0 aromatic heterocycles. The molecule has 0 heterocycles. The summed E-state index contributed by atoms with van der Waals surface area (Å²) in [5.41, 5.74) is 11.7. The third kappa shape index (κ3) is 6.16. The van der Waals surface area contributed by atoms with Crippen LogP contribution < -0.4 is 11.5 Å². The van der Waals surface area contributed by atoms with Gasteiger partial charge in [-0.05, 0) is 11.5 Å². The number of rotatable bonds is 3. The van der Waals surface area contributed by atoms with Gasteiger partial charge in [-0.15, -0.1) is 0 Å². The molecule has 0 aliphatic heterocycles. The zero-order chi connectivity index (χ0) is 12.6. The van der Waals surface area contributed by atoms with Crippen molar-refractivity contribution >= 4 is 5.97 Å². The molecule has 4 nitrogen and oxygen atoms in total. The van der Waals surface area contributed by atoms with Crippen molar-refractivity contribution in [3.8, 4) is 0 Å². The fourth-order valence-corrected chi connectivity index (χ4v) is 0.899. The summed E-state index contributed by atoms with van der Waals surface area (Å²) in [6, 6.07) is 9.28. The molecule has 0 saturated heterocycles. The van der Waals surface area contributed by atoms with Gasteiger partial charge in [0.15, 0.2) is 0 Å². The van der Waals surface area contributed by atoms with Gasteiger partial charge < -0.3 is 16.6 Å². The molecular weight excluding hydrogens is 204 g/mol. The monoisotopic (exact) mass is 224 g/mol. The summed E-state index contributed by atoms with van der Waals surface area (Å²) in [5.74, 6) is -0.910. The SMILES string of the molecule is CC(C)[C@H](N)C(=O)O.NCc1ccccc1. The lowest BCUT2D eigenvalue weighted by molar-refractivity contribution is -0.139. The van der Waals surface area contributed by atoms with Crippen molar-refractivity contribution < 1.29 is 9.90 Å². The molecule has 16 heavy (non-hydrogen) atoms. The van der Waals surface area contributed by atoms with Crippen molar-refractivity contribution in [1.29, 1.82) is 0 Å². The molecular formula is C12H20N2O2. The number of hydrogen-bond donors (Lipinski definition) is 3. The molecule has 5 N–H and O–H groups in total. The Kier molecular flexibility index (Phi) is 7.16. The van der Waals surface area contributed by atoms with Gasteiger partial charge in [-0.1, -0.05) is 44.2 Å². The molecule has 90 valence electrons. The van der Waals surface area contributed by atoms with Gasteiger partial charge in [-0.2, -0.15) is 0 Å². The molecule has 1 aromatic carbocycles. The average Bonchev–Trinajstić information content (AvgIpc) is 2.29. The van der Waals surface area contributed by atoms with Gasteiger partial charge in [0.25, 0.3) is 0 Å². The summed E-state index contributed by atoms with van der Waals surface area (Å²) in [4.78, 5) is 10.0. The van der Waals surface area contributed by atoms with Crippen molar-refractivity contribution in [3.63, 3.8) is 0 Å². The van der Waals surface area contributed by atoms with Gasteiger partial charge in [0.2, 0.25) is 0 Å². The predicted octanol–water partition coefficient (Wildman–Crippen LogP) is 1.20. The number of hydrogen-bond acceptors (Lipinski definition) is 3. The van der Waals surface area contributed by atoms with E-state index in [4.69, 9.17) is 16.6 Å². The van der Waals surface area contributed by atoms with Crippen molar-refractivity contribution in [2.24, 2.45) is 17.4 Å². The number of carboxylic acids is 1.